The fraction of sp³-hybridized carbons (Fsp3) is 0.381. The lowest BCUT2D eigenvalue weighted by molar-refractivity contribution is 0.0154. The number of nitrogens with zero attached hydrogens (tertiary/aromatic N) is 3. The number of pyridine rings is 2. The van der Waals surface area contributed by atoms with Crippen LogP contribution in [0.1, 0.15) is 35.8 Å². The van der Waals surface area contributed by atoms with Crippen molar-refractivity contribution in [3.8, 4) is 11.6 Å². The van der Waals surface area contributed by atoms with Crippen LogP contribution in [-0.2, 0) is 10.2 Å². The second-order valence-electron chi connectivity index (χ2n) is 8.04. The third kappa shape index (κ3) is 2.82. The molecule has 0 unspecified atom stereocenters. The minimum atomic E-state index is -0.321. The molecule has 2 bridgehead atoms. The summed E-state index contributed by atoms with van der Waals surface area (Å²) < 4.78 is 18.3. The van der Waals surface area contributed by atoms with Crippen molar-refractivity contribution in [2.45, 2.75) is 30.8 Å². The van der Waals surface area contributed by atoms with Gasteiger partial charge in [-0.2, -0.15) is 4.98 Å². The van der Waals surface area contributed by atoms with Crippen molar-refractivity contribution in [1.82, 2.24) is 14.4 Å². The van der Waals surface area contributed by atoms with Gasteiger partial charge in [0.05, 0.1) is 37.7 Å². The molecule has 2 aliphatic heterocycles. The van der Waals surface area contributed by atoms with Crippen LogP contribution < -0.4 is 14.8 Å². The van der Waals surface area contributed by atoms with E-state index in [9.17, 15) is 4.79 Å². The van der Waals surface area contributed by atoms with E-state index in [2.05, 4.69) is 17.2 Å². The Hall–Kier alpha value is -3.13. The van der Waals surface area contributed by atoms with Crippen LogP contribution >= 0.6 is 0 Å². The molecule has 1 amide bonds. The Labute approximate surface area is 167 Å². The molecule has 3 fully saturated rings. The predicted octanol–water partition coefficient (Wildman–Crippen LogP) is 2.82. The number of aromatic nitrogens is 3. The summed E-state index contributed by atoms with van der Waals surface area (Å²) in [6.45, 7) is 2.84. The van der Waals surface area contributed by atoms with E-state index >= 15 is 0 Å². The van der Waals surface area contributed by atoms with Crippen LogP contribution in [0.2, 0.25) is 0 Å². The lowest BCUT2D eigenvalue weighted by Gasteiger charge is -2.41. The van der Waals surface area contributed by atoms with Gasteiger partial charge in [0.1, 0.15) is 17.2 Å². The number of amides is 1. The van der Waals surface area contributed by atoms with E-state index in [0.717, 1.165) is 24.2 Å². The van der Waals surface area contributed by atoms with Crippen LogP contribution in [0, 0.1) is 0 Å². The molecular weight excluding hydrogens is 372 g/mol. The standard InChI is InChI=1S/C21H22N4O4/c1-20-10-21(11-20,12-29-20)15-9-25-8-13(14(27-2)7-17(25)22-15)19(26)24-16-5-4-6-18(23-16)28-3/h4-9H,10-12H2,1-3H3,(H,23,24,26). The highest BCUT2D eigenvalue weighted by atomic mass is 16.5. The van der Waals surface area contributed by atoms with Gasteiger partial charge in [-0.05, 0) is 25.8 Å². The molecule has 3 aromatic heterocycles. The molecule has 29 heavy (non-hydrogen) atoms. The quantitative estimate of drug-likeness (QED) is 0.716. The maximum atomic E-state index is 12.9. The Morgan fingerprint density at radius 1 is 1.21 bits per heavy atom. The average Bonchev–Trinajstić information content (AvgIpc) is 3.37. The number of rotatable bonds is 5. The normalized spacial score (nSPS) is 24.9. The lowest BCUT2D eigenvalue weighted by Crippen LogP contribution is -2.45. The molecule has 0 aromatic carbocycles. The molecule has 5 heterocycles. The highest BCUT2D eigenvalue weighted by Gasteiger charge is 2.61. The number of nitrogens with one attached hydrogen (secondary N) is 1. The molecule has 0 radical (unpaired) electrons. The van der Waals surface area contributed by atoms with Crippen molar-refractivity contribution in [1.29, 1.82) is 0 Å². The van der Waals surface area contributed by atoms with E-state index in [0.29, 0.717) is 29.6 Å². The van der Waals surface area contributed by atoms with Crippen molar-refractivity contribution in [3.05, 3.63) is 47.9 Å². The van der Waals surface area contributed by atoms with E-state index in [1.807, 2.05) is 10.6 Å². The van der Waals surface area contributed by atoms with E-state index in [-0.39, 0.29) is 16.9 Å². The molecule has 3 aliphatic rings. The highest BCUT2D eigenvalue weighted by Crippen LogP contribution is 2.58. The van der Waals surface area contributed by atoms with E-state index in [1.54, 1.807) is 30.5 Å². The fourth-order valence-electron chi connectivity index (χ4n) is 4.54. The minimum Gasteiger partial charge on any atom is -0.496 e. The number of carbonyl (C=O) groups is 1. The van der Waals surface area contributed by atoms with Crippen LogP contribution in [-0.4, -0.2) is 46.7 Å². The Balaban J connectivity index is 1.47. The Bertz CT molecular complexity index is 1120. The summed E-state index contributed by atoms with van der Waals surface area (Å²) in [5.41, 5.74) is 2.11. The number of methoxy groups -OCH3 is 2. The highest BCUT2D eigenvalue weighted by molar-refractivity contribution is 6.05. The monoisotopic (exact) mass is 394 g/mol. The number of ether oxygens (including phenoxy) is 3. The number of imidazole rings is 1. The smallest absolute Gasteiger partial charge is 0.262 e. The van der Waals surface area contributed by atoms with Crippen LogP contribution in [0.4, 0.5) is 5.82 Å². The van der Waals surface area contributed by atoms with Gasteiger partial charge in [-0.25, -0.2) is 4.98 Å². The first-order valence-corrected chi connectivity index (χ1v) is 9.47. The summed E-state index contributed by atoms with van der Waals surface area (Å²) in [4.78, 5) is 21.9. The minimum absolute atomic E-state index is 0.0116. The van der Waals surface area contributed by atoms with Crippen molar-refractivity contribution in [3.63, 3.8) is 0 Å². The summed E-state index contributed by atoms with van der Waals surface area (Å²) in [6.07, 6.45) is 5.69. The van der Waals surface area contributed by atoms with Gasteiger partial charge in [0.25, 0.3) is 5.91 Å². The van der Waals surface area contributed by atoms with Crippen LogP contribution in [0.3, 0.4) is 0 Å². The molecule has 0 atom stereocenters. The zero-order valence-electron chi connectivity index (χ0n) is 16.6. The van der Waals surface area contributed by atoms with Crippen LogP contribution in [0.25, 0.3) is 5.65 Å². The van der Waals surface area contributed by atoms with Gasteiger partial charge >= 0.3 is 0 Å². The van der Waals surface area contributed by atoms with Crippen LogP contribution in [0.5, 0.6) is 11.6 Å². The molecule has 1 N–H and O–H groups in total. The number of carbonyl (C=O) groups excluding carboxylic acids is 1. The topological polar surface area (TPSA) is 87.0 Å². The second kappa shape index (κ2) is 6.18. The number of hydrogen-bond acceptors (Lipinski definition) is 6. The summed E-state index contributed by atoms with van der Waals surface area (Å²) >= 11 is 0. The van der Waals surface area contributed by atoms with Crippen LogP contribution in [0.15, 0.2) is 36.7 Å². The van der Waals surface area contributed by atoms with Crippen molar-refractivity contribution >= 4 is 17.4 Å². The SMILES string of the molecule is COc1cccc(NC(=O)c2cn3cc(C45COC(C)(C4)C5)nc3cc2OC)n1. The van der Waals surface area contributed by atoms with Gasteiger partial charge in [0, 0.05) is 29.9 Å². The van der Waals surface area contributed by atoms with Gasteiger partial charge in [0.15, 0.2) is 0 Å². The summed E-state index contributed by atoms with van der Waals surface area (Å²) in [6, 6.07) is 6.96. The lowest BCUT2D eigenvalue weighted by atomic mass is 9.62. The molecule has 8 heteroatoms. The van der Waals surface area contributed by atoms with Gasteiger partial charge in [-0.1, -0.05) is 6.07 Å². The largest absolute Gasteiger partial charge is 0.496 e. The van der Waals surface area contributed by atoms with Crippen molar-refractivity contribution in [2.75, 3.05) is 26.1 Å². The van der Waals surface area contributed by atoms with Gasteiger partial charge < -0.3 is 23.9 Å². The van der Waals surface area contributed by atoms with Gasteiger partial charge in [-0.15, -0.1) is 0 Å². The number of anilines is 1. The zero-order chi connectivity index (χ0) is 20.2. The molecule has 0 spiro atoms. The molecule has 6 rings (SSSR count). The molecule has 1 saturated carbocycles. The Morgan fingerprint density at radius 3 is 2.72 bits per heavy atom. The average molecular weight is 394 g/mol. The molecule has 150 valence electrons. The van der Waals surface area contributed by atoms with E-state index in [4.69, 9.17) is 19.2 Å². The predicted molar refractivity (Wildman–Crippen MR) is 106 cm³/mol. The fourth-order valence-corrected chi connectivity index (χ4v) is 4.54. The number of fused-ring (bicyclic) bond motifs is 2. The second-order valence-corrected chi connectivity index (χ2v) is 8.04. The first-order chi connectivity index (χ1) is 13.9. The summed E-state index contributed by atoms with van der Waals surface area (Å²) in [7, 11) is 3.07. The number of hydrogen-bond donors (Lipinski definition) is 1. The Morgan fingerprint density at radius 2 is 2.03 bits per heavy atom. The van der Waals surface area contributed by atoms with Gasteiger partial charge in [0.2, 0.25) is 5.88 Å². The van der Waals surface area contributed by atoms with Crippen molar-refractivity contribution in [2.24, 2.45) is 0 Å². The zero-order valence-corrected chi connectivity index (χ0v) is 16.6. The summed E-state index contributed by atoms with van der Waals surface area (Å²) in [5, 5.41) is 2.79. The van der Waals surface area contributed by atoms with E-state index in [1.165, 1.54) is 14.2 Å². The molecule has 2 saturated heterocycles. The molecule has 3 aromatic rings. The first kappa shape index (κ1) is 17.9. The van der Waals surface area contributed by atoms with E-state index < -0.39 is 0 Å². The molecule has 8 nitrogen and oxygen atoms in total. The maximum Gasteiger partial charge on any atom is 0.262 e. The Kier molecular flexibility index (Phi) is 3.82. The summed E-state index contributed by atoms with van der Waals surface area (Å²) in [5.74, 6) is 0.959. The third-order valence-corrected chi connectivity index (χ3v) is 5.86. The molecule has 1 aliphatic carbocycles. The first-order valence-electron chi connectivity index (χ1n) is 9.47. The van der Waals surface area contributed by atoms with Gasteiger partial charge in [-0.3, -0.25) is 4.79 Å². The molecular formula is C21H22N4O4. The maximum absolute atomic E-state index is 12.9. The van der Waals surface area contributed by atoms with Crippen molar-refractivity contribution < 1.29 is 19.0 Å². The third-order valence-electron chi connectivity index (χ3n) is 5.86.